The van der Waals surface area contributed by atoms with Gasteiger partial charge in [-0.15, -0.1) is 24.8 Å². The van der Waals surface area contributed by atoms with Crippen LogP contribution in [0.2, 0.25) is 0 Å². The molecule has 0 aliphatic rings. The van der Waals surface area contributed by atoms with E-state index >= 15 is 0 Å². The van der Waals surface area contributed by atoms with Gasteiger partial charge in [-0.3, -0.25) is 10.8 Å². The number of rotatable bonds is 2. The van der Waals surface area contributed by atoms with E-state index < -0.39 is 0 Å². The molecule has 0 radical (unpaired) electrons. The minimum absolute atomic E-state index is 0. The third-order valence-corrected chi connectivity index (χ3v) is 0.762. The number of amidine groups is 2. The second-order valence-corrected chi connectivity index (χ2v) is 1.76. The molecule has 0 aliphatic heterocycles. The fourth-order valence-corrected chi connectivity index (χ4v) is 0. The van der Waals surface area contributed by atoms with Gasteiger partial charge in [0.2, 0.25) is 0 Å². The lowest BCUT2D eigenvalue weighted by Gasteiger charge is -1.79. The molecule has 0 fully saturated rings. The summed E-state index contributed by atoms with van der Waals surface area (Å²) in [6, 6.07) is 0. The Kier molecular flexibility index (Phi) is 31.7. The van der Waals surface area contributed by atoms with Crippen molar-refractivity contribution < 1.29 is 0 Å². The van der Waals surface area contributed by atoms with E-state index in [2.05, 4.69) is 0 Å². The third kappa shape index (κ3) is 55.8. The van der Waals surface area contributed by atoms with Crippen LogP contribution in [0.1, 0.15) is 26.7 Å². The van der Waals surface area contributed by atoms with Crippen LogP contribution in [-0.2, 0) is 0 Å². The lowest BCUT2D eigenvalue weighted by molar-refractivity contribution is 1.21. The van der Waals surface area contributed by atoms with Crippen molar-refractivity contribution in [3.05, 3.63) is 0 Å². The van der Waals surface area contributed by atoms with E-state index in [1.54, 1.807) is 0 Å². The maximum atomic E-state index is 6.52. The zero-order valence-electron chi connectivity index (χ0n) is 7.39. The zero-order valence-corrected chi connectivity index (χ0v) is 9.02. The number of halogens is 2. The van der Waals surface area contributed by atoms with Crippen LogP contribution in [0.15, 0.2) is 0 Å². The molecule has 0 heterocycles. The Morgan fingerprint density at radius 3 is 1.00 bits per heavy atom. The highest BCUT2D eigenvalue weighted by atomic mass is 35.5. The van der Waals surface area contributed by atoms with E-state index in [1.807, 2.05) is 13.8 Å². The van der Waals surface area contributed by atoms with Gasteiger partial charge in [-0.25, -0.2) is 0 Å². The first-order valence-corrected chi connectivity index (χ1v) is 3.20. The number of hydrogen-bond donors (Lipinski definition) is 4. The zero-order chi connectivity index (χ0) is 8.57. The fourth-order valence-electron chi connectivity index (χ4n) is 0. The summed E-state index contributed by atoms with van der Waals surface area (Å²) in [7, 11) is 0. The van der Waals surface area contributed by atoms with Gasteiger partial charge >= 0.3 is 0 Å². The molecule has 6 N–H and O–H groups in total. The molecule has 0 saturated carbocycles. The van der Waals surface area contributed by atoms with E-state index in [-0.39, 0.29) is 36.5 Å². The first kappa shape index (κ1) is 22.5. The van der Waals surface area contributed by atoms with Crippen LogP contribution in [0.3, 0.4) is 0 Å². The number of hydrogen-bond acceptors (Lipinski definition) is 2. The molecular weight excluding hydrogens is 199 g/mol. The molecule has 0 bridgehead atoms. The average molecular weight is 217 g/mol. The first-order valence-electron chi connectivity index (χ1n) is 3.20. The van der Waals surface area contributed by atoms with Crippen molar-refractivity contribution in [1.29, 1.82) is 10.8 Å². The minimum Gasteiger partial charge on any atom is -0.388 e. The second kappa shape index (κ2) is 16.9. The van der Waals surface area contributed by atoms with Crippen molar-refractivity contribution in [1.82, 2.24) is 0 Å². The summed E-state index contributed by atoms with van der Waals surface area (Å²) in [6.45, 7) is 3.70. The van der Waals surface area contributed by atoms with E-state index in [4.69, 9.17) is 22.3 Å². The highest BCUT2D eigenvalue weighted by Gasteiger charge is 1.71. The van der Waals surface area contributed by atoms with Crippen LogP contribution in [-0.4, -0.2) is 11.7 Å². The van der Waals surface area contributed by atoms with Crippen LogP contribution < -0.4 is 11.5 Å². The molecule has 76 valence electrons. The van der Waals surface area contributed by atoms with Crippen LogP contribution in [0.25, 0.3) is 0 Å². The molecule has 0 rings (SSSR count). The summed E-state index contributed by atoms with van der Waals surface area (Å²) >= 11 is 0. The summed E-state index contributed by atoms with van der Waals surface area (Å²) in [4.78, 5) is 0. The fraction of sp³-hybridized carbons (Fsp3) is 0.667. The highest BCUT2D eigenvalue weighted by molar-refractivity contribution is 5.85. The van der Waals surface area contributed by atoms with E-state index in [0.29, 0.717) is 12.8 Å². The Balaban J connectivity index is -0.0000000457. The molecule has 0 spiro atoms. The summed E-state index contributed by atoms with van der Waals surface area (Å²) in [5.74, 6) is 0.509. The molecule has 0 saturated heterocycles. The Morgan fingerprint density at radius 2 is 1.00 bits per heavy atom. The largest absolute Gasteiger partial charge is 0.388 e. The van der Waals surface area contributed by atoms with Gasteiger partial charge in [0.25, 0.3) is 0 Å². The minimum atomic E-state index is 0. The SMILES string of the molecule is CCC(=N)N.CCC(=N)N.Cl.Cl. The monoisotopic (exact) mass is 216 g/mol. The Labute approximate surface area is 85.9 Å². The molecule has 0 amide bonds. The molecule has 0 aromatic heterocycles. The van der Waals surface area contributed by atoms with Crippen LogP contribution in [0.5, 0.6) is 0 Å². The van der Waals surface area contributed by atoms with Gasteiger partial charge in [0.1, 0.15) is 0 Å². The van der Waals surface area contributed by atoms with Crippen molar-refractivity contribution in [3.63, 3.8) is 0 Å². The summed E-state index contributed by atoms with van der Waals surface area (Å²) in [5.41, 5.74) is 9.75. The highest BCUT2D eigenvalue weighted by Crippen LogP contribution is 1.64. The predicted octanol–water partition coefficient (Wildman–Crippen LogP) is 1.51. The molecular formula is C6H18Cl2N4. The quantitative estimate of drug-likeness (QED) is 0.416. The maximum absolute atomic E-state index is 6.52. The van der Waals surface area contributed by atoms with Crippen LogP contribution >= 0.6 is 24.8 Å². The smallest absolute Gasteiger partial charge is 0.0902 e. The van der Waals surface area contributed by atoms with Crippen molar-refractivity contribution in [2.45, 2.75) is 26.7 Å². The van der Waals surface area contributed by atoms with Gasteiger partial charge in [-0.1, -0.05) is 13.8 Å². The standard InChI is InChI=1S/2C3H8N2.2ClH/c2*1-2-3(4)5;;/h2*2H2,1H3,(H3,4,5);2*1H. The lowest BCUT2D eigenvalue weighted by Crippen LogP contribution is -2.05. The van der Waals surface area contributed by atoms with Gasteiger partial charge in [0.15, 0.2) is 0 Å². The van der Waals surface area contributed by atoms with Crippen LogP contribution in [0.4, 0.5) is 0 Å². The number of nitrogens with one attached hydrogen (secondary N) is 2. The van der Waals surface area contributed by atoms with Gasteiger partial charge < -0.3 is 11.5 Å². The Bertz CT molecular complexity index is 102. The van der Waals surface area contributed by atoms with Gasteiger partial charge in [-0.05, 0) is 0 Å². The van der Waals surface area contributed by atoms with Crippen molar-refractivity contribution in [3.8, 4) is 0 Å². The summed E-state index contributed by atoms with van der Waals surface area (Å²) in [5, 5.41) is 13.0. The summed E-state index contributed by atoms with van der Waals surface area (Å²) < 4.78 is 0. The van der Waals surface area contributed by atoms with Crippen molar-refractivity contribution in [2.24, 2.45) is 11.5 Å². The predicted molar refractivity (Wildman–Crippen MR) is 58.9 cm³/mol. The first-order chi connectivity index (χ1) is 4.54. The molecule has 0 aliphatic carbocycles. The normalized spacial score (nSPS) is 6.17. The van der Waals surface area contributed by atoms with E-state index in [0.717, 1.165) is 0 Å². The van der Waals surface area contributed by atoms with E-state index in [9.17, 15) is 0 Å². The van der Waals surface area contributed by atoms with Gasteiger partial charge in [-0.2, -0.15) is 0 Å². The van der Waals surface area contributed by atoms with Gasteiger partial charge in [0.05, 0.1) is 11.7 Å². The van der Waals surface area contributed by atoms with E-state index in [1.165, 1.54) is 0 Å². The molecule has 0 aromatic carbocycles. The molecule has 0 atom stereocenters. The molecule has 4 nitrogen and oxygen atoms in total. The lowest BCUT2D eigenvalue weighted by atomic mass is 10.5. The Morgan fingerprint density at radius 1 is 0.917 bits per heavy atom. The van der Waals surface area contributed by atoms with Crippen molar-refractivity contribution >= 4 is 36.5 Å². The van der Waals surface area contributed by atoms with Gasteiger partial charge in [0, 0.05) is 12.8 Å². The topological polar surface area (TPSA) is 99.7 Å². The maximum Gasteiger partial charge on any atom is 0.0902 e. The average Bonchev–Trinajstić information content (AvgIpc) is 1.89. The third-order valence-electron chi connectivity index (χ3n) is 0.762. The van der Waals surface area contributed by atoms with Crippen LogP contribution in [0, 0.1) is 10.8 Å². The molecule has 0 aromatic rings. The summed E-state index contributed by atoms with van der Waals surface area (Å²) in [6.07, 6.45) is 1.33. The Hall–Kier alpha value is -0.480. The second-order valence-electron chi connectivity index (χ2n) is 1.76. The molecule has 12 heavy (non-hydrogen) atoms. The molecule has 6 heteroatoms. The van der Waals surface area contributed by atoms with Crippen molar-refractivity contribution in [2.75, 3.05) is 0 Å². The molecule has 0 unspecified atom stereocenters. The number of nitrogens with two attached hydrogens (primary N) is 2.